The second-order valence-electron chi connectivity index (χ2n) is 5.27. The summed E-state index contributed by atoms with van der Waals surface area (Å²) in [6.45, 7) is -0.0140. The second kappa shape index (κ2) is 6.21. The highest BCUT2D eigenvalue weighted by atomic mass is 19.1. The molecule has 0 spiro atoms. The molecule has 0 bridgehead atoms. The number of nitrogens with zero attached hydrogens (tertiary/aromatic N) is 1. The van der Waals surface area contributed by atoms with Crippen LogP contribution in [-0.2, 0) is 6.54 Å². The van der Waals surface area contributed by atoms with Crippen molar-refractivity contribution in [3.63, 3.8) is 0 Å². The van der Waals surface area contributed by atoms with E-state index in [0.29, 0.717) is 10.9 Å². The lowest BCUT2D eigenvalue weighted by molar-refractivity contribution is 0.0706. The van der Waals surface area contributed by atoms with Crippen LogP contribution in [0.3, 0.4) is 0 Å². The molecule has 0 unspecified atom stereocenters. The zero-order valence-corrected chi connectivity index (χ0v) is 12.3. The summed E-state index contributed by atoms with van der Waals surface area (Å²) in [5, 5.41) is 9.54. The zero-order chi connectivity index (χ0) is 17.3. The fourth-order valence-electron chi connectivity index (χ4n) is 2.51. The van der Waals surface area contributed by atoms with Gasteiger partial charge in [0.25, 0.3) is 11.5 Å². The Balaban J connectivity index is 2.07. The highest BCUT2D eigenvalue weighted by Crippen LogP contribution is 2.14. The summed E-state index contributed by atoms with van der Waals surface area (Å²) in [6.07, 6.45) is 1.51. The molecule has 0 aliphatic carbocycles. The van der Waals surface area contributed by atoms with Crippen LogP contribution in [0.25, 0.3) is 10.8 Å². The molecule has 0 aliphatic heterocycles. The summed E-state index contributed by atoms with van der Waals surface area (Å²) < 4.78 is 27.8. The van der Waals surface area contributed by atoms with Crippen molar-refractivity contribution in [2.45, 2.75) is 6.54 Å². The van der Waals surface area contributed by atoms with E-state index in [1.165, 1.54) is 28.4 Å². The van der Waals surface area contributed by atoms with Crippen LogP contribution in [0.5, 0.6) is 0 Å². The molecule has 1 aromatic heterocycles. The van der Waals surface area contributed by atoms with E-state index in [4.69, 9.17) is 5.21 Å². The van der Waals surface area contributed by atoms with Crippen LogP contribution < -0.4 is 11.0 Å². The van der Waals surface area contributed by atoms with Crippen LogP contribution in [0.4, 0.5) is 8.78 Å². The van der Waals surface area contributed by atoms with Gasteiger partial charge in [0, 0.05) is 23.2 Å². The van der Waals surface area contributed by atoms with Gasteiger partial charge in [0.15, 0.2) is 0 Å². The third-order valence-corrected chi connectivity index (χ3v) is 3.62. The van der Waals surface area contributed by atoms with Crippen molar-refractivity contribution in [3.05, 3.63) is 81.8 Å². The molecule has 0 radical (unpaired) electrons. The van der Waals surface area contributed by atoms with Crippen LogP contribution in [0.1, 0.15) is 15.9 Å². The monoisotopic (exact) mass is 330 g/mol. The number of carbonyl (C=O) groups is 1. The molecule has 3 rings (SSSR count). The first-order valence-corrected chi connectivity index (χ1v) is 7.00. The smallest absolute Gasteiger partial charge is 0.274 e. The Hall–Kier alpha value is -3.06. The number of aromatic nitrogens is 1. The third-order valence-electron chi connectivity index (χ3n) is 3.62. The topological polar surface area (TPSA) is 71.3 Å². The predicted octanol–water partition coefficient (Wildman–Crippen LogP) is 2.45. The highest BCUT2D eigenvalue weighted by Gasteiger charge is 2.09. The van der Waals surface area contributed by atoms with Crippen molar-refractivity contribution in [1.82, 2.24) is 10.0 Å². The number of rotatable bonds is 3. The van der Waals surface area contributed by atoms with Gasteiger partial charge in [-0.2, -0.15) is 0 Å². The van der Waals surface area contributed by atoms with Crippen molar-refractivity contribution in [1.29, 1.82) is 0 Å². The number of fused-ring (bicyclic) bond motifs is 1. The Labute approximate surface area is 134 Å². The van der Waals surface area contributed by atoms with Crippen molar-refractivity contribution >= 4 is 16.7 Å². The zero-order valence-electron chi connectivity index (χ0n) is 12.3. The predicted molar refractivity (Wildman–Crippen MR) is 82.9 cm³/mol. The molecule has 0 saturated heterocycles. The number of pyridine rings is 1. The molecule has 2 N–H and O–H groups in total. The van der Waals surface area contributed by atoms with Crippen molar-refractivity contribution in [2.75, 3.05) is 0 Å². The Morgan fingerprint density at radius 1 is 1.08 bits per heavy atom. The average molecular weight is 330 g/mol. The first-order valence-electron chi connectivity index (χ1n) is 7.00. The van der Waals surface area contributed by atoms with Gasteiger partial charge < -0.3 is 4.57 Å². The molecule has 0 atom stereocenters. The quantitative estimate of drug-likeness (QED) is 0.572. The minimum Gasteiger partial charge on any atom is -0.311 e. The summed E-state index contributed by atoms with van der Waals surface area (Å²) >= 11 is 0. The van der Waals surface area contributed by atoms with Gasteiger partial charge in [-0.15, -0.1) is 0 Å². The van der Waals surface area contributed by atoms with Crippen LogP contribution in [0.2, 0.25) is 0 Å². The number of halogens is 2. The number of hydroxylamine groups is 1. The van der Waals surface area contributed by atoms with E-state index in [1.54, 1.807) is 12.1 Å². The van der Waals surface area contributed by atoms with Gasteiger partial charge in [0.05, 0.1) is 6.54 Å². The van der Waals surface area contributed by atoms with E-state index in [-0.39, 0.29) is 17.5 Å². The fraction of sp³-hybridized carbons (Fsp3) is 0.0588. The summed E-state index contributed by atoms with van der Waals surface area (Å²) in [6, 6.07) is 9.11. The Kier molecular flexibility index (Phi) is 4.09. The molecule has 1 amide bonds. The average Bonchev–Trinajstić information content (AvgIpc) is 2.55. The molecule has 0 aliphatic rings. The van der Waals surface area contributed by atoms with E-state index in [0.717, 1.165) is 18.2 Å². The first-order chi connectivity index (χ1) is 11.5. The number of carbonyl (C=O) groups excluding carboxylic acids is 1. The first kappa shape index (κ1) is 15.8. The maximum absolute atomic E-state index is 13.3. The van der Waals surface area contributed by atoms with Crippen molar-refractivity contribution in [3.8, 4) is 0 Å². The molecule has 2 aromatic carbocycles. The lowest BCUT2D eigenvalue weighted by Crippen LogP contribution is -2.22. The van der Waals surface area contributed by atoms with Crippen LogP contribution in [-0.4, -0.2) is 15.7 Å². The minimum absolute atomic E-state index is 0.0140. The number of benzene rings is 2. The molecule has 1 heterocycles. The maximum atomic E-state index is 13.3. The number of amides is 1. The van der Waals surface area contributed by atoms with E-state index in [1.807, 2.05) is 0 Å². The van der Waals surface area contributed by atoms with Gasteiger partial charge >= 0.3 is 0 Å². The second-order valence-corrected chi connectivity index (χ2v) is 5.27. The number of nitrogens with one attached hydrogen (secondary N) is 1. The summed E-state index contributed by atoms with van der Waals surface area (Å²) in [5.41, 5.74) is 1.51. The van der Waals surface area contributed by atoms with Gasteiger partial charge in [-0.25, -0.2) is 14.3 Å². The number of hydrogen-bond acceptors (Lipinski definition) is 3. The van der Waals surface area contributed by atoms with E-state index >= 15 is 0 Å². The largest absolute Gasteiger partial charge is 0.311 e. The number of hydrogen-bond donors (Lipinski definition) is 2. The SMILES string of the molecule is O=C(NO)c1ccc2ccn(Cc3cc(F)cc(F)c3)c(=O)c2c1. The molecular formula is C17H12F2N2O3. The van der Waals surface area contributed by atoms with Crippen molar-refractivity contribution in [2.24, 2.45) is 0 Å². The van der Waals surface area contributed by atoms with Crippen molar-refractivity contribution < 1.29 is 18.8 Å². The lowest BCUT2D eigenvalue weighted by atomic mass is 10.1. The van der Waals surface area contributed by atoms with Crippen LogP contribution in [0.15, 0.2) is 53.5 Å². The van der Waals surface area contributed by atoms with Crippen LogP contribution in [0, 0.1) is 11.6 Å². The van der Waals surface area contributed by atoms with Gasteiger partial charge in [-0.05, 0) is 41.3 Å². The maximum Gasteiger partial charge on any atom is 0.274 e. The van der Waals surface area contributed by atoms with Gasteiger partial charge in [0.1, 0.15) is 11.6 Å². The molecule has 5 nitrogen and oxygen atoms in total. The fourth-order valence-corrected chi connectivity index (χ4v) is 2.51. The van der Waals surface area contributed by atoms with Gasteiger partial charge in [-0.3, -0.25) is 14.8 Å². The summed E-state index contributed by atoms with van der Waals surface area (Å²) in [4.78, 5) is 24.0. The Bertz CT molecular complexity index is 979. The van der Waals surface area contributed by atoms with E-state index < -0.39 is 23.1 Å². The molecule has 0 saturated carbocycles. The molecule has 3 aromatic rings. The minimum atomic E-state index is -0.737. The van der Waals surface area contributed by atoms with Gasteiger partial charge in [0.2, 0.25) is 0 Å². The highest BCUT2D eigenvalue weighted by molar-refractivity contribution is 5.97. The normalized spacial score (nSPS) is 10.8. The lowest BCUT2D eigenvalue weighted by Gasteiger charge is -2.09. The third kappa shape index (κ3) is 3.02. The summed E-state index contributed by atoms with van der Waals surface area (Å²) in [7, 11) is 0. The van der Waals surface area contributed by atoms with Gasteiger partial charge in [-0.1, -0.05) is 6.07 Å². The molecule has 122 valence electrons. The van der Waals surface area contributed by atoms with E-state index in [2.05, 4.69) is 0 Å². The Morgan fingerprint density at radius 2 is 1.79 bits per heavy atom. The molecule has 24 heavy (non-hydrogen) atoms. The molecule has 7 heteroatoms. The summed E-state index contributed by atoms with van der Waals surface area (Å²) in [5.74, 6) is -2.18. The standard InChI is InChI=1S/C17H12F2N2O3/c18-13-5-10(6-14(19)8-13)9-21-4-3-11-1-2-12(16(22)20-24)7-15(11)17(21)23/h1-8,24H,9H2,(H,20,22). The van der Waals surface area contributed by atoms with E-state index in [9.17, 15) is 18.4 Å². The van der Waals surface area contributed by atoms with Crippen LogP contribution >= 0.6 is 0 Å². The Morgan fingerprint density at radius 3 is 2.46 bits per heavy atom. The molecule has 0 fully saturated rings. The molecular weight excluding hydrogens is 318 g/mol.